The van der Waals surface area contributed by atoms with Gasteiger partial charge in [-0.25, -0.2) is 0 Å². The molecule has 2 fully saturated rings. The lowest BCUT2D eigenvalue weighted by Crippen LogP contribution is -2.43. The predicted molar refractivity (Wildman–Crippen MR) is 125 cm³/mol. The van der Waals surface area contributed by atoms with Gasteiger partial charge in [-0.05, 0) is 93.5 Å². The Labute approximate surface area is 181 Å². The van der Waals surface area contributed by atoms with Crippen LogP contribution in [0, 0.1) is 11.8 Å². The molecule has 3 nitrogen and oxygen atoms in total. The Morgan fingerprint density at radius 3 is 2.41 bits per heavy atom. The maximum Gasteiger partial charge on any atom is 0.0486 e. The number of likely N-dealkylation sites (tertiary alicyclic amines) is 1. The zero-order valence-corrected chi connectivity index (χ0v) is 19.0. The Hall–Kier alpha value is -1.03. The minimum Gasteiger partial charge on any atom is -0.344 e. The molecule has 0 atom stereocenters. The number of fused-ring (bicyclic) bond motifs is 1. The van der Waals surface area contributed by atoms with E-state index in [1.54, 1.807) is 0 Å². The average Bonchev–Trinajstić information content (AvgIpc) is 3.10. The number of halogens is 1. The Kier molecular flexibility index (Phi) is 6.88. The highest BCUT2D eigenvalue weighted by Gasteiger charge is 2.30. The van der Waals surface area contributed by atoms with Gasteiger partial charge in [0, 0.05) is 47.3 Å². The first-order chi connectivity index (χ1) is 14.1. The van der Waals surface area contributed by atoms with Crippen molar-refractivity contribution in [1.29, 1.82) is 0 Å². The summed E-state index contributed by atoms with van der Waals surface area (Å²) < 4.78 is 2.55. The van der Waals surface area contributed by atoms with E-state index in [0.29, 0.717) is 6.04 Å². The molecule has 1 saturated heterocycles. The van der Waals surface area contributed by atoms with Gasteiger partial charge in [0.1, 0.15) is 0 Å². The molecule has 0 unspecified atom stereocenters. The molecule has 160 valence electrons. The smallest absolute Gasteiger partial charge is 0.0486 e. The molecule has 4 rings (SSSR count). The van der Waals surface area contributed by atoms with Crippen LogP contribution in [0.2, 0.25) is 5.02 Å². The summed E-state index contributed by atoms with van der Waals surface area (Å²) in [6, 6.07) is 7.82. The molecule has 2 heterocycles. The summed E-state index contributed by atoms with van der Waals surface area (Å²) in [7, 11) is 0. The summed E-state index contributed by atoms with van der Waals surface area (Å²) in [5.41, 5.74) is 8.52. The number of nitrogens with two attached hydrogens (primary N) is 1. The van der Waals surface area contributed by atoms with Gasteiger partial charge in [0.2, 0.25) is 0 Å². The monoisotopic (exact) mass is 415 g/mol. The summed E-state index contributed by atoms with van der Waals surface area (Å²) in [6.45, 7) is 8.02. The Balaban J connectivity index is 1.43. The molecule has 2 aliphatic rings. The van der Waals surface area contributed by atoms with Gasteiger partial charge < -0.3 is 15.2 Å². The Morgan fingerprint density at radius 1 is 1.03 bits per heavy atom. The van der Waals surface area contributed by atoms with E-state index < -0.39 is 0 Å². The number of rotatable bonds is 6. The van der Waals surface area contributed by atoms with Crippen LogP contribution in [0.3, 0.4) is 0 Å². The van der Waals surface area contributed by atoms with Crippen molar-refractivity contribution >= 4 is 22.5 Å². The van der Waals surface area contributed by atoms with Gasteiger partial charge in [-0.3, -0.25) is 0 Å². The molecule has 0 radical (unpaired) electrons. The third kappa shape index (κ3) is 4.68. The van der Waals surface area contributed by atoms with E-state index >= 15 is 0 Å². The summed E-state index contributed by atoms with van der Waals surface area (Å²) in [6.07, 6.45) is 12.6. The first-order valence-corrected chi connectivity index (χ1v) is 12.2. The number of piperidine rings is 1. The lowest BCUT2D eigenvalue weighted by atomic mass is 9.79. The normalized spacial score (nSPS) is 24.6. The predicted octanol–water partition coefficient (Wildman–Crippen LogP) is 6.04. The third-order valence-electron chi connectivity index (χ3n) is 7.62. The summed E-state index contributed by atoms with van der Waals surface area (Å²) in [5, 5.41) is 2.15. The molecule has 2 N–H and O–H groups in total. The number of aromatic nitrogens is 1. The van der Waals surface area contributed by atoms with Crippen molar-refractivity contribution in [3.8, 4) is 0 Å². The minimum absolute atomic E-state index is 0.605. The first-order valence-electron chi connectivity index (χ1n) is 11.8. The number of aryl methyl sites for hydroxylation is 1. The molecule has 4 heteroatoms. The maximum absolute atomic E-state index is 6.31. The van der Waals surface area contributed by atoms with Gasteiger partial charge in [0.25, 0.3) is 0 Å². The molecular formula is C25H38ClN3. The lowest BCUT2D eigenvalue weighted by molar-refractivity contribution is 0.0894. The quantitative estimate of drug-likeness (QED) is 0.624. The zero-order valence-electron chi connectivity index (χ0n) is 18.2. The number of benzene rings is 1. The fourth-order valence-corrected chi connectivity index (χ4v) is 5.93. The van der Waals surface area contributed by atoms with Gasteiger partial charge in [0.05, 0.1) is 0 Å². The van der Waals surface area contributed by atoms with Crippen molar-refractivity contribution in [2.24, 2.45) is 17.6 Å². The molecule has 1 aliphatic carbocycles. The molecule has 1 aromatic carbocycles. The second kappa shape index (κ2) is 9.41. The van der Waals surface area contributed by atoms with Gasteiger partial charge in [-0.1, -0.05) is 25.4 Å². The van der Waals surface area contributed by atoms with Crippen molar-refractivity contribution in [2.75, 3.05) is 19.6 Å². The van der Waals surface area contributed by atoms with Gasteiger partial charge in [-0.2, -0.15) is 0 Å². The molecule has 2 aromatic rings. The molecule has 1 aliphatic heterocycles. The van der Waals surface area contributed by atoms with E-state index in [2.05, 4.69) is 41.6 Å². The van der Waals surface area contributed by atoms with E-state index in [1.807, 2.05) is 6.07 Å². The van der Waals surface area contributed by atoms with Crippen LogP contribution >= 0.6 is 11.6 Å². The first kappa shape index (κ1) is 21.2. The van der Waals surface area contributed by atoms with Crippen molar-refractivity contribution in [1.82, 2.24) is 9.47 Å². The highest BCUT2D eigenvalue weighted by molar-refractivity contribution is 6.31. The van der Waals surface area contributed by atoms with E-state index in [0.717, 1.165) is 42.3 Å². The van der Waals surface area contributed by atoms with Gasteiger partial charge in [-0.15, -0.1) is 0 Å². The highest BCUT2D eigenvalue weighted by atomic mass is 35.5. The zero-order chi connectivity index (χ0) is 20.4. The highest BCUT2D eigenvalue weighted by Crippen LogP contribution is 2.36. The number of hydrogen-bond acceptors (Lipinski definition) is 2. The standard InChI is InChI=1S/C25H38ClN3/c1-18(2)19-5-8-22(9-6-19)28-14-11-23(12-15-28)29-17-20(4-3-13-27)24-16-21(26)7-10-25(24)29/h7,10,16-19,22-23H,3-6,8-9,11-15,27H2,1-2H3/t19-,22+. The topological polar surface area (TPSA) is 34.2 Å². The average molecular weight is 416 g/mol. The number of nitrogens with zero attached hydrogens (tertiary/aromatic N) is 2. The van der Waals surface area contributed by atoms with Gasteiger partial charge in [0.15, 0.2) is 0 Å². The molecule has 1 saturated carbocycles. The molecule has 0 spiro atoms. The summed E-state index contributed by atoms with van der Waals surface area (Å²) in [5.74, 6) is 1.81. The summed E-state index contributed by atoms with van der Waals surface area (Å²) >= 11 is 6.31. The summed E-state index contributed by atoms with van der Waals surface area (Å²) in [4.78, 5) is 2.80. The second-order valence-corrected chi connectivity index (χ2v) is 10.1. The van der Waals surface area contributed by atoms with E-state index in [-0.39, 0.29) is 0 Å². The third-order valence-corrected chi connectivity index (χ3v) is 7.86. The van der Waals surface area contributed by atoms with Crippen molar-refractivity contribution < 1.29 is 0 Å². The Bertz CT molecular complexity index is 796. The van der Waals surface area contributed by atoms with Crippen molar-refractivity contribution in [3.05, 3.63) is 35.0 Å². The molecule has 1 aromatic heterocycles. The van der Waals surface area contributed by atoms with Crippen molar-refractivity contribution in [2.45, 2.75) is 77.3 Å². The van der Waals surface area contributed by atoms with Crippen LogP contribution in [-0.2, 0) is 6.42 Å². The minimum atomic E-state index is 0.605. The van der Waals surface area contributed by atoms with Gasteiger partial charge >= 0.3 is 0 Å². The molecule has 0 bridgehead atoms. The van der Waals surface area contributed by atoms with Crippen LogP contribution in [0.15, 0.2) is 24.4 Å². The van der Waals surface area contributed by atoms with E-state index in [9.17, 15) is 0 Å². The SMILES string of the molecule is CC(C)[C@H]1CC[C@@H](N2CCC(n3cc(CCCN)c4cc(Cl)ccc43)CC2)CC1. The van der Waals surface area contributed by atoms with Crippen LogP contribution in [0.4, 0.5) is 0 Å². The van der Waals surface area contributed by atoms with E-state index in [4.69, 9.17) is 17.3 Å². The Morgan fingerprint density at radius 2 is 1.76 bits per heavy atom. The fourth-order valence-electron chi connectivity index (χ4n) is 5.75. The van der Waals surface area contributed by atoms with Crippen LogP contribution in [0.25, 0.3) is 10.9 Å². The molecule has 0 amide bonds. The lowest BCUT2D eigenvalue weighted by Gasteiger charge is -2.42. The number of hydrogen-bond donors (Lipinski definition) is 1. The van der Waals surface area contributed by atoms with Crippen molar-refractivity contribution in [3.63, 3.8) is 0 Å². The van der Waals surface area contributed by atoms with E-state index in [1.165, 1.54) is 68.1 Å². The van der Waals surface area contributed by atoms with Crippen LogP contribution < -0.4 is 5.73 Å². The maximum atomic E-state index is 6.31. The molecular weight excluding hydrogens is 378 g/mol. The molecule has 29 heavy (non-hydrogen) atoms. The van der Waals surface area contributed by atoms with Crippen LogP contribution in [0.1, 0.15) is 70.4 Å². The van der Waals surface area contributed by atoms with Crippen LogP contribution in [0.5, 0.6) is 0 Å². The largest absolute Gasteiger partial charge is 0.344 e. The fraction of sp³-hybridized carbons (Fsp3) is 0.680. The van der Waals surface area contributed by atoms with Crippen LogP contribution in [-0.4, -0.2) is 35.1 Å². The second-order valence-electron chi connectivity index (χ2n) is 9.70.